The van der Waals surface area contributed by atoms with E-state index in [0.29, 0.717) is 6.54 Å². The molecule has 1 aromatic rings. The van der Waals surface area contributed by atoms with Crippen molar-refractivity contribution >= 4 is 18.4 Å². The Morgan fingerprint density at radius 2 is 2.15 bits per heavy atom. The number of hydrogen-bond acceptors (Lipinski definition) is 6. The third-order valence-electron chi connectivity index (χ3n) is 3.30. The van der Waals surface area contributed by atoms with Crippen LogP contribution in [-0.2, 0) is 7.05 Å². The summed E-state index contributed by atoms with van der Waals surface area (Å²) in [5.41, 5.74) is -0.280. The Labute approximate surface area is 122 Å². The predicted molar refractivity (Wildman–Crippen MR) is 80.3 cm³/mol. The second kappa shape index (κ2) is 6.78. The number of aliphatic imine (C=N–C) groups is 1. The van der Waals surface area contributed by atoms with Crippen LogP contribution in [0.3, 0.4) is 0 Å². The van der Waals surface area contributed by atoms with Crippen molar-refractivity contribution < 1.29 is 5.11 Å². The highest BCUT2D eigenvalue weighted by Gasteiger charge is 2.09. The van der Waals surface area contributed by atoms with Crippen LogP contribution in [-0.4, -0.2) is 65.0 Å². The van der Waals surface area contributed by atoms with E-state index in [1.54, 1.807) is 7.05 Å². The van der Waals surface area contributed by atoms with Crippen LogP contribution in [0.1, 0.15) is 5.56 Å². The van der Waals surface area contributed by atoms with Crippen molar-refractivity contribution in [2.45, 2.75) is 0 Å². The van der Waals surface area contributed by atoms with Gasteiger partial charge in [0.2, 0.25) is 5.88 Å². The topological polar surface area (TPSA) is 85.7 Å². The molecule has 1 aliphatic heterocycles. The Balaban J connectivity index is 1.99. The minimum Gasteiger partial charge on any atom is -0.494 e. The van der Waals surface area contributed by atoms with Crippen molar-refractivity contribution in [3.63, 3.8) is 0 Å². The van der Waals surface area contributed by atoms with Crippen LogP contribution in [0.5, 0.6) is 5.88 Å². The van der Waals surface area contributed by atoms with Crippen LogP contribution in [0.25, 0.3) is 0 Å². The van der Waals surface area contributed by atoms with Gasteiger partial charge < -0.3 is 10.4 Å². The first-order chi connectivity index (χ1) is 9.59. The number of hydrogen-bond donors (Lipinski definition) is 3. The number of nitrogens with zero attached hydrogens (tertiary/aromatic N) is 3. The van der Waals surface area contributed by atoms with Gasteiger partial charge in [-0.05, 0) is 12.2 Å². The zero-order valence-electron chi connectivity index (χ0n) is 11.4. The lowest BCUT2D eigenvalue weighted by Crippen LogP contribution is -2.44. The minimum atomic E-state index is -0.420. The molecule has 7 nitrogen and oxygen atoms in total. The minimum absolute atomic E-state index is 0.140. The summed E-state index contributed by atoms with van der Waals surface area (Å²) in [7, 11) is 1.59. The Hall–Kier alpha value is -1.51. The van der Waals surface area contributed by atoms with E-state index in [-0.39, 0.29) is 16.2 Å². The standard InChI is InChI=1S/C12H19N5O2S/c1-16-11(19)9(10(18)15-12(16)20)8-14-4-7-17-5-2-13-3-6-17/h8,13,19H,2-7H2,1H3,(H,15,18,20). The lowest BCUT2D eigenvalue weighted by atomic mass is 10.3. The van der Waals surface area contributed by atoms with Gasteiger partial charge >= 0.3 is 0 Å². The molecule has 1 aliphatic rings. The SMILES string of the molecule is Cn1c(O)c(C=NCCN2CCNCC2)c(=O)[nH]c1=S. The van der Waals surface area contributed by atoms with Crippen LogP contribution in [0, 0.1) is 4.77 Å². The van der Waals surface area contributed by atoms with Gasteiger partial charge in [0.05, 0.1) is 6.54 Å². The molecule has 0 spiro atoms. The lowest BCUT2D eigenvalue weighted by molar-refractivity contribution is 0.248. The maximum atomic E-state index is 11.7. The van der Waals surface area contributed by atoms with Crippen LogP contribution >= 0.6 is 12.2 Å². The summed E-state index contributed by atoms with van der Waals surface area (Å²) in [6.07, 6.45) is 1.41. The van der Waals surface area contributed by atoms with Gasteiger partial charge in [0.25, 0.3) is 5.56 Å². The van der Waals surface area contributed by atoms with Crippen LogP contribution in [0.2, 0.25) is 0 Å². The van der Waals surface area contributed by atoms with Crippen molar-refractivity contribution in [3.05, 3.63) is 20.7 Å². The van der Waals surface area contributed by atoms with Gasteiger partial charge in [-0.3, -0.25) is 24.2 Å². The molecule has 1 saturated heterocycles. The first-order valence-electron chi connectivity index (χ1n) is 6.55. The van der Waals surface area contributed by atoms with E-state index in [9.17, 15) is 9.90 Å². The first-order valence-corrected chi connectivity index (χ1v) is 6.95. The average Bonchev–Trinajstić information content (AvgIpc) is 2.45. The molecule has 0 atom stereocenters. The molecule has 0 unspecified atom stereocenters. The Bertz CT molecular complexity index is 601. The lowest BCUT2D eigenvalue weighted by Gasteiger charge is -2.26. The number of rotatable bonds is 4. The molecule has 0 aromatic carbocycles. The summed E-state index contributed by atoms with van der Waals surface area (Å²) in [6, 6.07) is 0. The van der Waals surface area contributed by atoms with E-state index < -0.39 is 5.56 Å². The summed E-state index contributed by atoms with van der Waals surface area (Å²) in [5.74, 6) is -0.162. The molecule has 20 heavy (non-hydrogen) atoms. The Morgan fingerprint density at radius 1 is 1.45 bits per heavy atom. The number of aromatic amines is 1. The van der Waals surface area contributed by atoms with Gasteiger partial charge in [0.1, 0.15) is 5.56 Å². The number of aromatic hydroxyl groups is 1. The van der Waals surface area contributed by atoms with Gasteiger partial charge in [0.15, 0.2) is 4.77 Å². The highest BCUT2D eigenvalue weighted by Crippen LogP contribution is 2.08. The molecule has 2 rings (SSSR count). The number of H-pyrrole nitrogens is 1. The van der Waals surface area contributed by atoms with Gasteiger partial charge in [-0.15, -0.1) is 0 Å². The third kappa shape index (κ3) is 3.53. The van der Waals surface area contributed by atoms with E-state index in [1.165, 1.54) is 10.8 Å². The van der Waals surface area contributed by atoms with Gasteiger partial charge in [-0.2, -0.15) is 0 Å². The van der Waals surface area contributed by atoms with E-state index >= 15 is 0 Å². The molecule has 1 fully saturated rings. The van der Waals surface area contributed by atoms with Crippen molar-refractivity contribution in [1.82, 2.24) is 19.8 Å². The third-order valence-corrected chi connectivity index (χ3v) is 3.68. The number of aromatic nitrogens is 2. The molecule has 2 heterocycles. The van der Waals surface area contributed by atoms with Crippen molar-refractivity contribution in [2.24, 2.45) is 12.0 Å². The van der Waals surface area contributed by atoms with Gasteiger partial charge in [-0.25, -0.2) is 0 Å². The molecule has 110 valence electrons. The Morgan fingerprint density at radius 3 is 2.85 bits per heavy atom. The fourth-order valence-electron chi connectivity index (χ4n) is 2.03. The average molecular weight is 297 g/mol. The summed E-state index contributed by atoms with van der Waals surface area (Å²) >= 11 is 4.90. The first kappa shape index (κ1) is 14.9. The van der Waals surface area contributed by atoms with Crippen LogP contribution in [0.4, 0.5) is 0 Å². The quantitative estimate of drug-likeness (QED) is 0.514. The fourth-order valence-corrected chi connectivity index (χ4v) is 2.21. The Kier molecular flexibility index (Phi) is 5.05. The molecule has 0 bridgehead atoms. The molecular formula is C12H19N5O2S. The summed E-state index contributed by atoms with van der Waals surface area (Å²) in [5, 5.41) is 13.2. The number of nitrogens with one attached hydrogen (secondary N) is 2. The number of piperazine rings is 1. The molecule has 0 saturated carbocycles. The molecule has 8 heteroatoms. The molecular weight excluding hydrogens is 278 g/mol. The molecule has 0 aliphatic carbocycles. The zero-order chi connectivity index (χ0) is 14.5. The van der Waals surface area contributed by atoms with Crippen molar-refractivity contribution in [3.8, 4) is 5.88 Å². The monoisotopic (exact) mass is 297 g/mol. The summed E-state index contributed by atoms with van der Waals surface area (Å²) in [6.45, 7) is 5.48. The van der Waals surface area contributed by atoms with E-state index in [0.717, 1.165) is 32.7 Å². The van der Waals surface area contributed by atoms with Gasteiger partial charge in [0, 0.05) is 46.0 Å². The highest BCUT2D eigenvalue weighted by atomic mass is 32.1. The van der Waals surface area contributed by atoms with E-state index in [1.807, 2.05) is 0 Å². The second-order valence-electron chi connectivity index (χ2n) is 4.68. The smallest absolute Gasteiger partial charge is 0.264 e. The molecule has 1 aromatic heterocycles. The van der Waals surface area contributed by atoms with Crippen LogP contribution < -0.4 is 10.9 Å². The molecule has 0 amide bonds. The molecule has 0 radical (unpaired) electrons. The van der Waals surface area contributed by atoms with Crippen LogP contribution in [0.15, 0.2) is 9.79 Å². The zero-order valence-corrected chi connectivity index (χ0v) is 12.2. The maximum absolute atomic E-state index is 11.7. The maximum Gasteiger partial charge on any atom is 0.264 e. The second-order valence-corrected chi connectivity index (χ2v) is 5.07. The van der Waals surface area contributed by atoms with E-state index in [4.69, 9.17) is 12.2 Å². The normalized spacial score (nSPS) is 16.9. The van der Waals surface area contributed by atoms with E-state index in [2.05, 4.69) is 20.2 Å². The molecule has 3 N–H and O–H groups in total. The highest BCUT2D eigenvalue weighted by molar-refractivity contribution is 7.71. The summed E-state index contributed by atoms with van der Waals surface area (Å²) < 4.78 is 1.53. The summed E-state index contributed by atoms with van der Waals surface area (Å²) in [4.78, 5) is 20.7. The van der Waals surface area contributed by atoms with Crippen molar-refractivity contribution in [1.29, 1.82) is 0 Å². The predicted octanol–water partition coefficient (Wildman–Crippen LogP) is -0.527. The van der Waals surface area contributed by atoms with Gasteiger partial charge in [-0.1, -0.05) is 0 Å². The fraction of sp³-hybridized carbons (Fsp3) is 0.583. The largest absolute Gasteiger partial charge is 0.494 e. The van der Waals surface area contributed by atoms with Crippen molar-refractivity contribution in [2.75, 3.05) is 39.3 Å².